The van der Waals surface area contributed by atoms with E-state index in [1.54, 1.807) is 11.6 Å². The Balaban J connectivity index is 1.87. The zero-order valence-electron chi connectivity index (χ0n) is 10.6. The van der Waals surface area contributed by atoms with Crippen LogP contribution in [0.1, 0.15) is 19.0 Å². The van der Waals surface area contributed by atoms with Gasteiger partial charge < -0.3 is 4.90 Å². The van der Waals surface area contributed by atoms with E-state index in [0.717, 1.165) is 18.0 Å². The lowest BCUT2D eigenvalue weighted by molar-refractivity contribution is -0.128. The van der Waals surface area contributed by atoms with Crippen molar-refractivity contribution in [3.63, 3.8) is 0 Å². The zero-order valence-corrected chi connectivity index (χ0v) is 11.4. The van der Waals surface area contributed by atoms with Crippen molar-refractivity contribution in [1.29, 1.82) is 0 Å². The third kappa shape index (κ3) is 3.35. The number of likely N-dealkylation sites (tertiary alicyclic amines) is 1. The predicted molar refractivity (Wildman–Crippen MR) is 69.9 cm³/mol. The van der Waals surface area contributed by atoms with Gasteiger partial charge in [0, 0.05) is 38.9 Å². The monoisotopic (exact) mass is 267 g/mol. The number of carbonyl (C=O) groups is 2. The Labute approximate surface area is 111 Å². The van der Waals surface area contributed by atoms with Crippen LogP contribution in [-0.2, 0) is 23.2 Å². The molecular weight excluding hydrogens is 250 g/mol. The first-order valence-electron chi connectivity index (χ1n) is 5.94. The molecule has 0 N–H and O–H groups in total. The second kappa shape index (κ2) is 5.56. The highest BCUT2D eigenvalue weighted by atomic mass is 32.2. The van der Waals surface area contributed by atoms with E-state index in [0.29, 0.717) is 13.0 Å². The van der Waals surface area contributed by atoms with E-state index in [2.05, 4.69) is 5.10 Å². The lowest BCUT2D eigenvalue weighted by atomic mass is 10.1. The fourth-order valence-corrected chi connectivity index (χ4v) is 2.79. The van der Waals surface area contributed by atoms with Gasteiger partial charge in [-0.1, -0.05) is 11.8 Å². The van der Waals surface area contributed by atoms with Crippen molar-refractivity contribution in [3.05, 3.63) is 18.0 Å². The van der Waals surface area contributed by atoms with Crippen molar-refractivity contribution in [2.45, 2.75) is 19.9 Å². The van der Waals surface area contributed by atoms with Crippen molar-refractivity contribution >= 4 is 22.8 Å². The number of aryl methyl sites for hydroxylation is 1. The van der Waals surface area contributed by atoms with Gasteiger partial charge in [0.1, 0.15) is 0 Å². The molecule has 0 aromatic carbocycles. The summed E-state index contributed by atoms with van der Waals surface area (Å²) in [6, 6.07) is 1.92. The van der Waals surface area contributed by atoms with Gasteiger partial charge in [0.15, 0.2) is 5.12 Å². The molecule has 2 heterocycles. The van der Waals surface area contributed by atoms with Crippen LogP contribution in [0.5, 0.6) is 0 Å². The topological polar surface area (TPSA) is 55.2 Å². The molecule has 0 aliphatic carbocycles. The molecule has 1 unspecified atom stereocenters. The number of hydrogen-bond acceptors (Lipinski definition) is 4. The average Bonchev–Trinajstić information content (AvgIpc) is 2.84. The summed E-state index contributed by atoms with van der Waals surface area (Å²) in [7, 11) is 1.86. The number of nitrogens with zero attached hydrogens (tertiary/aromatic N) is 3. The van der Waals surface area contributed by atoms with Crippen LogP contribution in [0.4, 0.5) is 0 Å². The van der Waals surface area contributed by atoms with Gasteiger partial charge in [-0.05, 0) is 12.0 Å². The van der Waals surface area contributed by atoms with Crippen molar-refractivity contribution in [3.8, 4) is 0 Å². The van der Waals surface area contributed by atoms with E-state index in [4.69, 9.17) is 0 Å². The molecule has 0 spiro atoms. The van der Waals surface area contributed by atoms with Crippen LogP contribution in [0.2, 0.25) is 0 Å². The summed E-state index contributed by atoms with van der Waals surface area (Å²) in [6.07, 6.45) is 2.42. The summed E-state index contributed by atoms with van der Waals surface area (Å²) >= 11 is 1.31. The lowest BCUT2D eigenvalue weighted by Crippen LogP contribution is -2.25. The van der Waals surface area contributed by atoms with Gasteiger partial charge >= 0.3 is 0 Å². The predicted octanol–water partition coefficient (Wildman–Crippen LogP) is 1.05. The van der Waals surface area contributed by atoms with Crippen LogP contribution in [-0.4, -0.2) is 38.0 Å². The van der Waals surface area contributed by atoms with E-state index >= 15 is 0 Å². The molecule has 0 bridgehead atoms. The maximum atomic E-state index is 11.8. The van der Waals surface area contributed by atoms with E-state index in [-0.39, 0.29) is 16.9 Å². The Morgan fingerprint density at radius 1 is 1.61 bits per heavy atom. The number of rotatable bonds is 4. The summed E-state index contributed by atoms with van der Waals surface area (Å²) in [6.45, 7) is 2.86. The first-order chi connectivity index (χ1) is 8.54. The maximum absolute atomic E-state index is 11.8. The number of amides is 1. The molecule has 1 aliphatic rings. The Morgan fingerprint density at radius 3 is 3.00 bits per heavy atom. The van der Waals surface area contributed by atoms with Crippen LogP contribution < -0.4 is 0 Å². The van der Waals surface area contributed by atoms with Crippen molar-refractivity contribution < 1.29 is 9.59 Å². The Hall–Kier alpha value is -1.30. The van der Waals surface area contributed by atoms with Crippen LogP contribution in [0.15, 0.2) is 12.3 Å². The second-order valence-electron chi connectivity index (χ2n) is 4.63. The van der Waals surface area contributed by atoms with Gasteiger partial charge in [-0.3, -0.25) is 14.3 Å². The minimum Gasteiger partial charge on any atom is -0.336 e. The SMILES string of the molecule is CC(=O)SCC1CC(=O)N(Cc2ccn(C)n2)C1. The standard InChI is InChI=1S/C12H17N3O2S/c1-9(16)18-8-10-5-12(17)15(6-10)7-11-3-4-14(2)13-11/h3-4,10H,5-8H2,1-2H3. The molecule has 5 nitrogen and oxygen atoms in total. The summed E-state index contributed by atoms with van der Waals surface area (Å²) in [5.74, 6) is 1.18. The summed E-state index contributed by atoms with van der Waals surface area (Å²) in [4.78, 5) is 24.6. The highest BCUT2D eigenvalue weighted by molar-refractivity contribution is 8.13. The van der Waals surface area contributed by atoms with Crippen LogP contribution in [0, 0.1) is 5.92 Å². The molecule has 1 aliphatic heterocycles. The van der Waals surface area contributed by atoms with Crippen molar-refractivity contribution in [2.75, 3.05) is 12.3 Å². The molecular formula is C12H17N3O2S. The molecule has 98 valence electrons. The Morgan fingerprint density at radius 2 is 2.39 bits per heavy atom. The summed E-state index contributed by atoms with van der Waals surface area (Å²) in [5, 5.41) is 4.39. The summed E-state index contributed by atoms with van der Waals surface area (Å²) in [5.41, 5.74) is 0.908. The fraction of sp³-hybridized carbons (Fsp3) is 0.583. The molecule has 6 heteroatoms. The molecule has 1 atom stereocenters. The van der Waals surface area contributed by atoms with Gasteiger partial charge in [-0.2, -0.15) is 5.10 Å². The van der Waals surface area contributed by atoms with E-state index in [9.17, 15) is 9.59 Å². The van der Waals surface area contributed by atoms with Gasteiger partial charge in [0.05, 0.1) is 12.2 Å². The van der Waals surface area contributed by atoms with Crippen LogP contribution in [0.25, 0.3) is 0 Å². The molecule has 0 radical (unpaired) electrons. The third-order valence-corrected chi connectivity index (χ3v) is 3.98. The first-order valence-corrected chi connectivity index (χ1v) is 6.93. The number of carbonyl (C=O) groups excluding carboxylic acids is 2. The second-order valence-corrected chi connectivity index (χ2v) is 5.82. The van der Waals surface area contributed by atoms with Crippen molar-refractivity contribution in [2.24, 2.45) is 13.0 Å². The Bertz CT molecular complexity index is 458. The highest BCUT2D eigenvalue weighted by Gasteiger charge is 2.29. The number of hydrogen-bond donors (Lipinski definition) is 0. The summed E-state index contributed by atoms with van der Waals surface area (Å²) < 4.78 is 1.74. The van der Waals surface area contributed by atoms with Crippen LogP contribution >= 0.6 is 11.8 Å². The minimum absolute atomic E-state index is 0.116. The third-order valence-electron chi connectivity index (χ3n) is 2.94. The van der Waals surface area contributed by atoms with E-state index in [1.807, 2.05) is 24.2 Å². The molecule has 1 aromatic heterocycles. The van der Waals surface area contributed by atoms with Gasteiger partial charge in [0.2, 0.25) is 5.91 Å². The van der Waals surface area contributed by atoms with Gasteiger partial charge in [-0.15, -0.1) is 0 Å². The number of aromatic nitrogens is 2. The molecule has 1 fully saturated rings. The normalized spacial score (nSPS) is 19.6. The quantitative estimate of drug-likeness (QED) is 0.818. The van der Waals surface area contributed by atoms with Gasteiger partial charge in [0.25, 0.3) is 0 Å². The van der Waals surface area contributed by atoms with E-state index in [1.165, 1.54) is 11.8 Å². The number of thioether (sulfide) groups is 1. The molecule has 2 rings (SSSR count). The molecule has 1 saturated heterocycles. The van der Waals surface area contributed by atoms with Gasteiger partial charge in [-0.25, -0.2) is 0 Å². The maximum Gasteiger partial charge on any atom is 0.223 e. The molecule has 0 saturated carbocycles. The fourth-order valence-electron chi connectivity index (χ4n) is 2.10. The minimum atomic E-state index is 0.116. The highest BCUT2D eigenvalue weighted by Crippen LogP contribution is 2.23. The lowest BCUT2D eigenvalue weighted by Gasteiger charge is -2.14. The zero-order chi connectivity index (χ0) is 13.1. The largest absolute Gasteiger partial charge is 0.336 e. The Kier molecular flexibility index (Phi) is 4.06. The average molecular weight is 267 g/mol. The van der Waals surface area contributed by atoms with Crippen LogP contribution in [0.3, 0.4) is 0 Å². The van der Waals surface area contributed by atoms with E-state index < -0.39 is 0 Å². The molecule has 1 aromatic rings. The smallest absolute Gasteiger partial charge is 0.223 e. The first kappa shape index (κ1) is 13.1. The molecule has 1 amide bonds. The molecule has 18 heavy (non-hydrogen) atoms. The van der Waals surface area contributed by atoms with Crippen molar-refractivity contribution in [1.82, 2.24) is 14.7 Å².